The topological polar surface area (TPSA) is 49.4 Å². The normalized spacial score (nSPS) is 9.94. The summed E-state index contributed by atoms with van der Waals surface area (Å²) in [5, 5.41) is 2.76. The Morgan fingerprint density at radius 1 is 1.28 bits per heavy atom. The minimum absolute atomic E-state index is 0.0402. The zero-order valence-corrected chi connectivity index (χ0v) is 11.7. The van der Waals surface area contributed by atoms with Crippen molar-refractivity contribution >= 4 is 29.3 Å². The molecule has 0 bridgehead atoms. The van der Waals surface area contributed by atoms with Crippen LogP contribution < -0.4 is 5.32 Å². The van der Waals surface area contributed by atoms with Gasteiger partial charge in [-0.3, -0.25) is 9.59 Å². The summed E-state index contributed by atoms with van der Waals surface area (Å²) < 4.78 is 0. The monoisotopic (exact) mass is 266 g/mol. The molecule has 0 aliphatic carbocycles. The Morgan fingerprint density at radius 3 is 2.44 bits per heavy atom. The zero-order valence-electron chi connectivity index (χ0n) is 10.9. The first-order valence-corrected chi connectivity index (χ1v) is 7.01. The van der Waals surface area contributed by atoms with Crippen molar-refractivity contribution in [3.8, 4) is 0 Å². The lowest BCUT2D eigenvalue weighted by Crippen LogP contribution is -2.35. The van der Waals surface area contributed by atoms with Crippen molar-refractivity contribution in [2.24, 2.45) is 0 Å². The number of amides is 2. The Hall–Kier alpha value is -1.49. The molecule has 0 heterocycles. The number of hydrogen-bond donors (Lipinski definition) is 1. The first-order valence-electron chi connectivity index (χ1n) is 5.62. The van der Waals surface area contributed by atoms with E-state index in [2.05, 4.69) is 5.32 Å². The summed E-state index contributed by atoms with van der Waals surface area (Å²) >= 11 is 1.45. The van der Waals surface area contributed by atoms with Gasteiger partial charge in [-0.25, -0.2) is 0 Å². The molecule has 5 heteroatoms. The highest BCUT2D eigenvalue weighted by Crippen LogP contribution is 2.08. The highest BCUT2D eigenvalue weighted by Gasteiger charge is 2.12. The Balaban J connectivity index is 2.46. The average molecular weight is 266 g/mol. The molecule has 0 saturated carbocycles. The maximum absolute atomic E-state index is 11.7. The van der Waals surface area contributed by atoms with Gasteiger partial charge in [0, 0.05) is 12.7 Å². The molecule has 0 aliphatic heterocycles. The lowest BCUT2D eigenvalue weighted by molar-refractivity contribution is -0.131. The second kappa shape index (κ2) is 7.06. The number of rotatable bonds is 5. The van der Waals surface area contributed by atoms with Gasteiger partial charge in [0.2, 0.25) is 11.8 Å². The van der Waals surface area contributed by atoms with E-state index in [9.17, 15) is 9.59 Å². The number of carbonyl (C=O) groups is 2. The summed E-state index contributed by atoms with van der Waals surface area (Å²) in [5.74, 6) is 0.172. The second-order valence-corrected chi connectivity index (χ2v) is 4.96. The number of likely N-dealkylation sites (N-methyl/N-ethyl adjacent to an activating group) is 1. The quantitative estimate of drug-likeness (QED) is 0.883. The van der Waals surface area contributed by atoms with E-state index in [-0.39, 0.29) is 18.4 Å². The molecule has 1 N–H and O–H groups in total. The van der Waals surface area contributed by atoms with Crippen LogP contribution in [0, 0.1) is 6.92 Å². The first kappa shape index (κ1) is 14.6. The molecule has 0 spiro atoms. The summed E-state index contributed by atoms with van der Waals surface area (Å²) in [6.07, 6.45) is 1.86. The van der Waals surface area contributed by atoms with E-state index in [0.29, 0.717) is 5.75 Å². The van der Waals surface area contributed by atoms with Crippen LogP contribution in [0.1, 0.15) is 5.56 Å². The van der Waals surface area contributed by atoms with Crippen LogP contribution in [0.5, 0.6) is 0 Å². The van der Waals surface area contributed by atoms with Crippen molar-refractivity contribution in [3.63, 3.8) is 0 Å². The van der Waals surface area contributed by atoms with Gasteiger partial charge in [-0.15, -0.1) is 0 Å². The summed E-state index contributed by atoms with van der Waals surface area (Å²) in [4.78, 5) is 24.6. The van der Waals surface area contributed by atoms with Crippen molar-refractivity contribution in [2.75, 3.05) is 30.9 Å². The third-order valence-electron chi connectivity index (χ3n) is 2.41. The molecule has 98 valence electrons. The van der Waals surface area contributed by atoms with Gasteiger partial charge in [-0.2, -0.15) is 11.8 Å². The number of nitrogens with zero attached hydrogens (tertiary/aromatic N) is 1. The van der Waals surface area contributed by atoms with Crippen LogP contribution in [0.4, 0.5) is 5.69 Å². The molecular formula is C13H18N2O2S. The number of nitrogens with one attached hydrogen (secondary N) is 1. The van der Waals surface area contributed by atoms with E-state index in [0.717, 1.165) is 11.3 Å². The standard InChI is InChI=1S/C13H18N2O2S/c1-10-4-6-11(7-5-10)14-12(16)8-15(2)13(17)9-18-3/h4-7H,8-9H2,1-3H3,(H,14,16). The SMILES string of the molecule is CSCC(=O)N(C)CC(=O)Nc1ccc(C)cc1. The summed E-state index contributed by atoms with van der Waals surface area (Å²) in [6, 6.07) is 7.55. The van der Waals surface area contributed by atoms with Gasteiger partial charge >= 0.3 is 0 Å². The fourth-order valence-corrected chi connectivity index (χ4v) is 1.84. The predicted molar refractivity (Wildman–Crippen MR) is 75.8 cm³/mol. The molecule has 0 saturated heterocycles. The number of carbonyl (C=O) groups excluding carboxylic acids is 2. The summed E-state index contributed by atoms with van der Waals surface area (Å²) in [6.45, 7) is 2.06. The van der Waals surface area contributed by atoms with Crippen molar-refractivity contribution < 1.29 is 9.59 Å². The Bertz CT molecular complexity index is 418. The average Bonchev–Trinajstić information content (AvgIpc) is 2.32. The molecule has 0 fully saturated rings. The predicted octanol–water partition coefficient (Wildman–Crippen LogP) is 1.75. The van der Waals surface area contributed by atoms with Crippen molar-refractivity contribution in [1.82, 2.24) is 4.90 Å². The lowest BCUT2D eigenvalue weighted by atomic mass is 10.2. The van der Waals surface area contributed by atoms with E-state index in [4.69, 9.17) is 0 Å². The molecule has 0 aliphatic rings. The van der Waals surface area contributed by atoms with Crippen LogP contribution in [0.3, 0.4) is 0 Å². The lowest BCUT2D eigenvalue weighted by Gasteiger charge is -2.16. The molecule has 4 nitrogen and oxygen atoms in total. The molecule has 0 radical (unpaired) electrons. The summed E-state index contributed by atoms with van der Waals surface area (Å²) in [5.41, 5.74) is 1.89. The van der Waals surface area contributed by atoms with Gasteiger partial charge in [0.05, 0.1) is 12.3 Å². The largest absolute Gasteiger partial charge is 0.336 e. The van der Waals surface area contributed by atoms with Crippen LogP contribution in [0.25, 0.3) is 0 Å². The maximum Gasteiger partial charge on any atom is 0.243 e. The van der Waals surface area contributed by atoms with Gasteiger partial charge in [-0.1, -0.05) is 17.7 Å². The molecule has 0 unspecified atom stereocenters. The summed E-state index contributed by atoms with van der Waals surface area (Å²) in [7, 11) is 1.63. The number of benzene rings is 1. The van der Waals surface area contributed by atoms with Crippen molar-refractivity contribution in [2.45, 2.75) is 6.92 Å². The Labute approximate surface area is 112 Å². The van der Waals surface area contributed by atoms with Crippen LogP contribution >= 0.6 is 11.8 Å². The Morgan fingerprint density at radius 2 is 1.89 bits per heavy atom. The smallest absolute Gasteiger partial charge is 0.243 e. The van der Waals surface area contributed by atoms with Crippen LogP contribution in [0.2, 0.25) is 0 Å². The maximum atomic E-state index is 11.7. The number of anilines is 1. The number of thioether (sulfide) groups is 1. The number of aryl methyl sites for hydroxylation is 1. The molecule has 1 aromatic rings. The molecule has 1 rings (SSSR count). The van der Waals surface area contributed by atoms with Crippen LogP contribution in [-0.2, 0) is 9.59 Å². The third-order valence-corrected chi connectivity index (χ3v) is 2.95. The van der Waals surface area contributed by atoms with Gasteiger partial charge < -0.3 is 10.2 Å². The Kier molecular flexibility index (Phi) is 5.71. The van der Waals surface area contributed by atoms with Crippen LogP contribution in [0.15, 0.2) is 24.3 Å². The first-order chi connectivity index (χ1) is 8.52. The molecule has 0 atom stereocenters. The van der Waals surface area contributed by atoms with Gasteiger partial charge in [0.1, 0.15) is 0 Å². The molecule has 18 heavy (non-hydrogen) atoms. The third kappa shape index (κ3) is 4.79. The van der Waals surface area contributed by atoms with Crippen LogP contribution in [-0.4, -0.2) is 42.3 Å². The second-order valence-electron chi connectivity index (χ2n) is 4.10. The van der Waals surface area contributed by atoms with E-state index >= 15 is 0 Å². The highest BCUT2D eigenvalue weighted by atomic mass is 32.2. The van der Waals surface area contributed by atoms with Gasteiger partial charge in [0.25, 0.3) is 0 Å². The minimum atomic E-state index is -0.184. The molecule has 1 aromatic carbocycles. The van der Waals surface area contributed by atoms with Gasteiger partial charge in [-0.05, 0) is 25.3 Å². The molecule has 2 amide bonds. The fourth-order valence-electron chi connectivity index (χ4n) is 1.37. The fraction of sp³-hybridized carbons (Fsp3) is 0.385. The van der Waals surface area contributed by atoms with E-state index in [1.54, 1.807) is 7.05 Å². The van der Waals surface area contributed by atoms with Crippen molar-refractivity contribution in [1.29, 1.82) is 0 Å². The highest BCUT2D eigenvalue weighted by molar-refractivity contribution is 7.99. The minimum Gasteiger partial charge on any atom is -0.336 e. The van der Waals surface area contributed by atoms with E-state index in [1.165, 1.54) is 16.7 Å². The van der Waals surface area contributed by atoms with Gasteiger partial charge in [0.15, 0.2) is 0 Å². The van der Waals surface area contributed by atoms with E-state index in [1.807, 2.05) is 37.4 Å². The zero-order chi connectivity index (χ0) is 13.5. The van der Waals surface area contributed by atoms with Crippen molar-refractivity contribution in [3.05, 3.63) is 29.8 Å². The molecule has 0 aromatic heterocycles. The molecular weight excluding hydrogens is 248 g/mol. The van der Waals surface area contributed by atoms with E-state index < -0.39 is 0 Å². The number of hydrogen-bond acceptors (Lipinski definition) is 3.